The summed E-state index contributed by atoms with van der Waals surface area (Å²) in [4.78, 5) is 10.8. The Morgan fingerprint density at radius 2 is 1.73 bits per heavy atom. The average Bonchev–Trinajstić information content (AvgIpc) is 2.20. The van der Waals surface area contributed by atoms with E-state index in [4.69, 9.17) is 9.47 Å². The minimum absolute atomic E-state index is 0.106. The molecule has 1 fully saturated rings. The van der Waals surface area contributed by atoms with Crippen molar-refractivity contribution < 1.29 is 14.3 Å². The molecule has 0 spiro atoms. The summed E-state index contributed by atoms with van der Waals surface area (Å²) < 4.78 is 10.4. The number of hydrogen-bond donors (Lipinski definition) is 0. The van der Waals surface area contributed by atoms with E-state index in [1.165, 1.54) is 32.1 Å². The predicted octanol–water partition coefficient (Wildman–Crippen LogP) is 3.01. The van der Waals surface area contributed by atoms with Crippen molar-refractivity contribution in [2.75, 3.05) is 12.1 Å². The van der Waals surface area contributed by atoms with Gasteiger partial charge in [-0.25, -0.2) is 0 Å². The molecule has 0 unspecified atom stereocenters. The second kappa shape index (κ2) is 8.11. The maximum absolute atomic E-state index is 10.8. The molecule has 1 aliphatic rings. The first-order chi connectivity index (χ1) is 7.33. The summed E-state index contributed by atoms with van der Waals surface area (Å²) in [7, 11) is 0. The van der Waals surface area contributed by atoms with E-state index in [9.17, 15) is 4.79 Å². The van der Waals surface area contributed by atoms with Crippen LogP contribution in [0, 0.1) is 0 Å². The molecule has 3 nitrogen and oxygen atoms in total. The lowest BCUT2D eigenvalue weighted by Gasteiger charge is -2.19. The van der Waals surface area contributed by atoms with Crippen LogP contribution in [0.1, 0.15) is 44.9 Å². The Labute approximate surface area is 99.6 Å². The molecule has 0 heterocycles. The largest absolute Gasteiger partial charge is 0.438 e. The van der Waals surface area contributed by atoms with Gasteiger partial charge in [0.05, 0.1) is 6.10 Å². The van der Waals surface area contributed by atoms with E-state index < -0.39 is 0 Å². The topological polar surface area (TPSA) is 35.5 Å². The van der Waals surface area contributed by atoms with Gasteiger partial charge in [0.15, 0.2) is 6.79 Å². The number of rotatable bonds is 4. The van der Waals surface area contributed by atoms with Crippen LogP contribution in [0.2, 0.25) is 0 Å². The SMILES string of the molecule is O=C(CBr)OCOC1CCCCCCC1. The molecule has 0 radical (unpaired) electrons. The number of carbonyl (C=O) groups is 1. The first-order valence-corrected chi connectivity index (χ1v) is 6.78. The Balaban J connectivity index is 2.09. The third-order valence-corrected chi connectivity index (χ3v) is 3.14. The highest BCUT2D eigenvalue weighted by atomic mass is 79.9. The van der Waals surface area contributed by atoms with Crippen molar-refractivity contribution in [3.63, 3.8) is 0 Å². The fraction of sp³-hybridized carbons (Fsp3) is 0.909. The van der Waals surface area contributed by atoms with Gasteiger partial charge in [0.25, 0.3) is 0 Å². The highest BCUT2D eigenvalue weighted by Gasteiger charge is 2.12. The van der Waals surface area contributed by atoms with Crippen molar-refractivity contribution in [1.82, 2.24) is 0 Å². The molecule has 15 heavy (non-hydrogen) atoms. The van der Waals surface area contributed by atoms with Gasteiger partial charge in [0.1, 0.15) is 5.33 Å². The summed E-state index contributed by atoms with van der Waals surface area (Å²) in [5.74, 6) is -0.263. The van der Waals surface area contributed by atoms with Gasteiger partial charge in [-0.1, -0.05) is 48.0 Å². The van der Waals surface area contributed by atoms with E-state index in [0.717, 1.165) is 12.8 Å². The number of hydrogen-bond acceptors (Lipinski definition) is 3. The Kier molecular flexibility index (Phi) is 7.01. The number of carbonyl (C=O) groups excluding carboxylic acids is 1. The molecule has 0 N–H and O–H groups in total. The molecule has 0 aromatic heterocycles. The van der Waals surface area contributed by atoms with E-state index >= 15 is 0 Å². The molecule has 0 atom stereocenters. The van der Waals surface area contributed by atoms with Crippen LogP contribution < -0.4 is 0 Å². The lowest BCUT2D eigenvalue weighted by molar-refractivity contribution is -0.158. The monoisotopic (exact) mass is 278 g/mol. The summed E-state index contributed by atoms with van der Waals surface area (Å²) in [6, 6.07) is 0. The summed E-state index contributed by atoms with van der Waals surface area (Å²) in [5, 5.41) is 0.237. The van der Waals surface area contributed by atoms with Gasteiger partial charge in [-0.3, -0.25) is 4.79 Å². The van der Waals surface area contributed by atoms with Crippen molar-refractivity contribution in [3.8, 4) is 0 Å². The standard InChI is InChI=1S/C11H19BrO3/c12-8-11(13)15-9-14-10-6-4-2-1-3-5-7-10/h10H,1-9H2. The lowest BCUT2D eigenvalue weighted by Crippen LogP contribution is -2.18. The number of halogens is 1. The maximum atomic E-state index is 10.8. The van der Waals surface area contributed by atoms with E-state index in [-0.39, 0.29) is 24.2 Å². The van der Waals surface area contributed by atoms with E-state index in [2.05, 4.69) is 15.9 Å². The fourth-order valence-corrected chi connectivity index (χ4v) is 1.98. The molecule has 0 aromatic carbocycles. The van der Waals surface area contributed by atoms with Gasteiger partial charge < -0.3 is 9.47 Å². The fourth-order valence-electron chi connectivity index (χ4n) is 1.82. The second-order valence-corrected chi connectivity index (χ2v) is 4.46. The summed E-state index contributed by atoms with van der Waals surface area (Å²) in [5.41, 5.74) is 0. The smallest absolute Gasteiger partial charge is 0.318 e. The van der Waals surface area contributed by atoms with Gasteiger partial charge in [-0.15, -0.1) is 0 Å². The van der Waals surface area contributed by atoms with Gasteiger partial charge in [-0.2, -0.15) is 0 Å². The predicted molar refractivity (Wildman–Crippen MR) is 61.9 cm³/mol. The third kappa shape index (κ3) is 6.15. The van der Waals surface area contributed by atoms with Crippen LogP contribution in [0.3, 0.4) is 0 Å². The molecular formula is C11H19BrO3. The molecule has 0 amide bonds. The zero-order chi connectivity index (χ0) is 10.9. The molecule has 1 saturated carbocycles. The molecule has 0 saturated heterocycles. The summed E-state index contributed by atoms with van der Waals surface area (Å²) in [6.07, 6.45) is 8.92. The van der Waals surface area contributed by atoms with Crippen molar-refractivity contribution in [2.24, 2.45) is 0 Å². The third-order valence-electron chi connectivity index (χ3n) is 2.68. The molecule has 1 aliphatic carbocycles. The number of alkyl halides is 1. The normalized spacial score (nSPS) is 19.3. The van der Waals surface area contributed by atoms with Gasteiger partial charge in [0.2, 0.25) is 0 Å². The summed E-state index contributed by atoms with van der Waals surface area (Å²) in [6.45, 7) is 0.106. The van der Waals surface area contributed by atoms with Gasteiger partial charge in [0, 0.05) is 0 Å². The van der Waals surface area contributed by atoms with Gasteiger partial charge >= 0.3 is 5.97 Å². The van der Waals surface area contributed by atoms with Crippen LogP contribution >= 0.6 is 15.9 Å². The molecule has 4 heteroatoms. The van der Waals surface area contributed by atoms with Crippen molar-refractivity contribution in [3.05, 3.63) is 0 Å². The lowest BCUT2D eigenvalue weighted by atomic mass is 9.99. The molecular weight excluding hydrogens is 260 g/mol. The average molecular weight is 279 g/mol. The molecule has 0 aliphatic heterocycles. The quantitative estimate of drug-likeness (QED) is 0.451. The van der Waals surface area contributed by atoms with E-state index in [0.29, 0.717) is 0 Å². The van der Waals surface area contributed by atoms with Crippen LogP contribution in [-0.4, -0.2) is 24.2 Å². The Bertz CT molecular complexity index is 177. The maximum Gasteiger partial charge on any atom is 0.318 e. The molecule has 0 bridgehead atoms. The van der Waals surface area contributed by atoms with Crippen LogP contribution in [0.15, 0.2) is 0 Å². The second-order valence-electron chi connectivity index (χ2n) is 3.90. The first-order valence-electron chi connectivity index (χ1n) is 5.66. The molecule has 1 rings (SSSR count). The van der Waals surface area contributed by atoms with Crippen LogP contribution in [0.4, 0.5) is 0 Å². The minimum atomic E-state index is -0.263. The first kappa shape index (κ1) is 13.0. The Morgan fingerprint density at radius 3 is 2.33 bits per heavy atom. The molecule has 88 valence electrons. The highest BCUT2D eigenvalue weighted by Crippen LogP contribution is 2.19. The minimum Gasteiger partial charge on any atom is -0.438 e. The van der Waals surface area contributed by atoms with Crippen LogP contribution in [-0.2, 0) is 14.3 Å². The van der Waals surface area contributed by atoms with E-state index in [1.54, 1.807) is 0 Å². The van der Waals surface area contributed by atoms with Crippen molar-refractivity contribution in [2.45, 2.75) is 51.0 Å². The number of ether oxygens (including phenoxy) is 2. The highest BCUT2D eigenvalue weighted by molar-refractivity contribution is 9.09. The number of esters is 1. The van der Waals surface area contributed by atoms with Crippen LogP contribution in [0.5, 0.6) is 0 Å². The Morgan fingerprint density at radius 1 is 1.13 bits per heavy atom. The van der Waals surface area contributed by atoms with Crippen molar-refractivity contribution in [1.29, 1.82) is 0 Å². The summed E-state index contributed by atoms with van der Waals surface area (Å²) >= 11 is 3.03. The van der Waals surface area contributed by atoms with Crippen LogP contribution in [0.25, 0.3) is 0 Å². The van der Waals surface area contributed by atoms with Gasteiger partial charge in [-0.05, 0) is 12.8 Å². The zero-order valence-electron chi connectivity index (χ0n) is 9.04. The van der Waals surface area contributed by atoms with E-state index in [1.807, 2.05) is 0 Å². The van der Waals surface area contributed by atoms with Crippen molar-refractivity contribution >= 4 is 21.9 Å². The Hall–Kier alpha value is -0.0900. The molecule has 0 aromatic rings. The zero-order valence-corrected chi connectivity index (χ0v) is 10.6.